The van der Waals surface area contributed by atoms with Crippen molar-refractivity contribution in [2.75, 3.05) is 0 Å². The molecule has 2 aromatic heterocycles. The molecule has 3 nitrogen and oxygen atoms in total. The fraction of sp³-hybridized carbons (Fsp3) is 0.0351. The van der Waals surface area contributed by atoms with Gasteiger partial charge >= 0.3 is 0 Å². The van der Waals surface area contributed by atoms with E-state index in [1.54, 1.807) is 0 Å². The average Bonchev–Trinajstić information content (AvgIpc) is 3.33. The predicted octanol–water partition coefficient (Wildman–Crippen LogP) is 15.4. The van der Waals surface area contributed by atoms with E-state index in [2.05, 4.69) is 170 Å². The van der Waals surface area contributed by atoms with Crippen molar-refractivity contribution in [3.8, 4) is 33.5 Å². The molecule has 0 spiro atoms. The van der Waals surface area contributed by atoms with Gasteiger partial charge in [0, 0.05) is 39.5 Å². The Hall–Kier alpha value is -7.75. The first-order valence-corrected chi connectivity index (χ1v) is 20.8. The van der Waals surface area contributed by atoms with Gasteiger partial charge < -0.3 is 0 Å². The summed E-state index contributed by atoms with van der Waals surface area (Å²) in [6.07, 6.45) is 5.81. The van der Waals surface area contributed by atoms with E-state index in [0.717, 1.165) is 51.6 Å². The molecule has 13 rings (SSSR count). The van der Waals surface area contributed by atoms with Gasteiger partial charge in [0.05, 0.1) is 22.4 Å². The van der Waals surface area contributed by atoms with Crippen molar-refractivity contribution in [2.24, 2.45) is 4.99 Å². The zero-order valence-electron chi connectivity index (χ0n) is 32.7. The lowest BCUT2D eigenvalue weighted by molar-refractivity contribution is 1.03. The maximum Gasteiger partial charge on any atom is 0.0961 e. The Morgan fingerprint density at radius 2 is 0.917 bits per heavy atom. The standard InChI is InChI=1S/C57H35N3/c1-2-15-42-41(14-1)51-31-36(25-27-43(51)44-28-26-37(32-52(42)44)50-33-38-11-9-29-58-55(38)57-49(50)20-10-30-59-57)34-21-23-35(24-22-34)54-48-19-8-6-17-46(48)53-45-16-5-3-12-39(45)40-13-4-7-18-47(40)56(53)60-54/h1-9,11-19,21-33H,10,20H2. The van der Waals surface area contributed by atoms with Gasteiger partial charge in [-0.25, -0.2) is 4.98 Å². The minimum absolute atomic E-state index is 0.941. The normalized spacial score (nSPS) is 12.8. The maximum absolute atomic E-state index is 5.51. The zero-order valence-corrected chi connectivity index (χ0v) is 32.7. The van der Waals surface area contributed by atoms with Crippen LogP contribution in [0.2, 0.25) is 0 Å². The van der Waals surface area contributed by atoms with Crippen LogP contribution in [0.3, 0.4) is 0 Å². The van der Waals surface area contributed by atoms with Gasteiger partial charge in [-0.2, -0.15) is 0 Å². The second-order valence-electron chi connectivity index (χ2n) is 16.1. The summed E-state index contributed by atoms with van der Waals surface area (Å²) in [4.78, 5) is 15.1. The molecule has 3 heteroatoms. The number of fused-ring (bicyclic) bond motifs is 17. The highest BCUT2D eigenvalue weighted by molar-refractivity contribution is 6.31. The molecule has 3 heterocycles. The van der Waals surface area contributed by atoms with Crippen molar-refractivity contribution in [1.82, 2.24) is 9.97 Å². The van der Waals surface area contributed by atoms with Gasteiger partial charge in [0.1, 0.15) is 0 Å². The minimum Gasteiger partial charge on any atom is -0.259 e. The van der Waals surface area contributed by atoms with Crippen LogP contribution in [-0.4, -0.2) is 16.2 Å². The summed E-state index contributed by atoms with van der Waals surface area (Å²) in [7, 11) is 0. The topological polar surface area (TPSA) is 38.1 Å². The van der Waals surface area contributed by atoms with Crippen LogP contribution in [0.5, 0.6) is 0 Å². The van der Waals surface area contributed by atoms with Gasteiger partial charge in [0.15, 0.2) is 0 Å². The number of benzene rings is 10. The number of hydrogen-bond donors (Lipinski definition) is 0. The van der Waals surface area contributed by atoms with Crippen LogP contribution in [0, 0.1) is 0 Å². The molecule has 12 aromatic rings. The summed E-state index contributed by atoms with van der Waals surface area (Å²) in [5, 5.41) is 17.2. The molecule has 0 N–H and O–H groups in total. The van der Waals surface area contributed by atoms with Gasteiger partial charge in [-0.15, -0.1) is 0 Å². The number of nitrogens with zero attached hydrogens (tertiary/aromatic N) is 3. The van der Waals surface area contributed by atoms with E-state index >= 15 is 0 Å². The lowest BCUT2D eigenvalue weighted by Crippen LogP contribution is -1.99. The highest BCUT2D eigenvalue weighted by Crippen LogP contribution is 2.44. The Kier molecular flexibility index (Phi) is 7.13. The summed E-state index contributed by atoms with van der Waals surface area (Å²) in [5.41, 5.74) is 11.3. The molecule has 278 valence electrons. The number of aromatic nitrogens is 2. The lowest BCUT2D eigenvalue weighted by atomic mass is 9.88. The molecule has 0 saturated carbocycles. The molecule has 0 bridgehead atoms. The fourth-order valence-electron chi connectivity index (χ4n) is 10.2. The molecule has 0 atom stereocenters. The summed E-state index contributed by atoms with van der Waals surface area (Å²) in [6, 6.07) is 64.6. The average molecular weight is 762 g/mol. The van der Waals surface area contributed by atoms with E-state index in [-0.39, 0.29) is 0 Å². The molecule has 1 aliphatic heterocycles. The molecule has 0 unspecified atom stereocenters. The van der Waals surface area contributed by atoms with Gasteiger partial charge in [0.2, 0.25) is 0 Å². The van der Waals surface area contributed by atoms with E-state index in [9.17, 15) is 0 Å². The van der Waals surface area contributed by atoms with Crippen LogP contribution in [0.15, 0.2) is 187 Å². The van der Waals surface area contributed by atoms with Gasteiger partial charge in [0.25, 0.3) is 0 Å². The SMILES string of the molecule is C1=Nc2c(c(-c3ccc4c5ccc(-c6ccc(-c7nc8c9ccccc9c9ccccc9c8c8ccccc78)cc6)cc5c5ccccc5c4c3)cc3cccnc23)CC1. The van der Waals surface area contributed by atoms with Gasteiger partial charge in [-0.1, -0.05) is 152 Å². The summed E-state index contributed by atoms with van der Waals surface area (Å²) in [5.74, 6) is 0. The van der Waals surface area contributed by atoms with Crippen molar-refractivity contribution in [1.29, 1.82) is 0 Å². The largest absolute Gasteiger partial charge is 0.259 e. The Bertz CT molecular complexity index is 3800. The monoisotopic (exact) mass is 761 g/mol. The Balaban J connectivity index is 0.946. The number of pyridine rings is 2. The number of hydrogen-bond acceptors (Lipinski definition) is 3. The first-order chi connectivity index (χ1) is 29.8. The van der Waals surface area contributed by atoms with E-state index in [1.165, 1.54) is 92.5 Å². The van der Waals surface area contributed by atoms with Gasteiger partial charge in [-0.3, -0.25) is 9.98 Å². The van der Waals surface area contributed by atoms with Crippen LogP contribution < -0.4 is 0 Å². The van der Waals surface area contributed by atoms with Crippen LogP contribution in [-0.2, 0) is 6.42 Å². The molecular formula is C57H35N3. The minimum atomic E-state index is 0.941. The smallest absolute Gasteiger partial charge is 0.0961 e. The van der Waals surface area contributed by atoms with Crippen molar-refractivity contribution in [3.05, 3.63) is 188 Å². The van der Waals surface area contributed by atoms with E-state index in [1.807, 2.05) is 18.5 Å². The van der Waals surface area contributed by atoms with Crippen LogP contribution in [0.4, 0.5) is 5.69 Å². The lowest BCUT2D eigenvalue weighted by Gasteiger charge is -2.18. The first-order valence-electron chi connectivity index (χ1n) is 20.8. The first kappa shape index (κ1) is 33.2. The quantitative estimate of drug-likeness (QED) is 0.168. The van der Waals surface area contributed by atoms with Crippen molar-refractivity contribution in [2.45, 2.75) is 12.8 Å². The van der Waals surface area contributed by atoms with E-state index < -0.39 is 0 Å². The number of rotatable bonds is 3. The second-order valence-corrected chi connectivity index (χ2v) is 16.1. The third kappa shape index (κ3) is 4.87. The molecule has 1 aliphatic rings. The molecule has 0 radical (unpaired) electrons. The Labute approximate surface area is 345 Å². The Morgan fingerprint density at radius 3 is 1.63 bits per heavy atom. The summed E-state index contributed by atoms with van der Waals surface area (Å²) < 4.78 is 0. The van der Waals surface area contributed by atoms with Crippen molar-refractivity contribution in [3.63, 3.8) is 0 Å². The van der Waals surface area contributed by atoms with E-state index in [0.29, 0.717) is 0 Å². The van der Waals surface area contributed by atoms with Crippen molar-refractivity contribution < 1.29 is 0 Å². The van der Waals surface area contributed by atoms with E-state index in [4.69, 9.17) is 15.0 Å². The summed E-state index contributed by atoms with van der Waals surface area (Å²) >= 11 is 0. The maximum atomic E-state index is 5.51. The summed E-state index contributed by atoms with van der Waals surface area (Å²) in [6.45, 7) is 0. The van der Waals surface area contributed by atoms with Crippen LogP contribution >= 0.6 is 0 Å². The second kappa shape index (κ2) is 12.9. The molecule has 0 amide bonds. The molecule has 0 fully saturated rings. The zero-order chi connectivity index (χ0) is 39.3. The van der Waals surface area contributed by atoms with Crippen LogP contribution in [0.25, 0.3) is 120 Å². The van der Waals surface area contributed by atoms with Gasteiger partial charge in [-0.05, 0) is 119 Å². The highest BCUT2D eigenvalue weighted by atomic mass is 14.8. The molecule has 60 heavy (non-hydrogen) atoms. The predicted molar refractivity (Wildman–Crippen MR) is 255 cm³/mol. The molecule has 10 aromatic carbocycles. The third-order valence-corrected chi connectivity index (χ3v) is 12.9. The Morgan fingerprint density at radius 1 is 0.383 bits per heavy atom. The fourth-order valence-corrected chi connectivity index (χ4v) is 10.2. The highest BCUT2D eigenvalue weighted by Gasteiger charge is 2.20. The number of aliphatic imine (C=N–C) groups is 1. The molecular weight excluding hydrogens is 727 g/mol. The third-order valence-electron chi connectivity index (χ3n) is 12.9. The molecule has 0 saturated heterocycles. The molecule has 0 aliphatic carbocycles. The van der Waals surface area contributed by atoms with Crippen LogP contribution in [0.1, 0.15) is 12.0 Å². The van der Waals surface area contributed by atoms with Crippen molar-refractivity contribution >= 4 is 98.3 Å².